The molecule has 0 fully saturated rings. The number of hydrogen-bond donors (Lipinski definition) is 2. The normalized spacial score (nSPS) is 11.4. The van der Waals surface area contributed by atoms with Crippen LogP contribution in [-0.2, 0) is 17.9 Å². The van der Waals surface area contributed by atoms with E-state index in [1.807, 2.05) is 17.5 Å². The van der Waals surface area contributed by atoms with Crippen LogP contribution in [0.5, 0.6) is 5.75 Å². The van der Waals surface area contributed by atoms with E-state index in [0.717, 1.165) is 10.4 Å². The maximum absolute atomic E-state index is 12.2. The van der Waals surface area contributed by atoms with Crippen molar-refractivity contribution < 1.29 is 22.7 Å². The first-order chi connectivity index (χ1) is 13.7. The zero-order chi connectivity index (χ0) is 21.3. The standard InChI is InChI=1S/C19H23F3N4O2S.HI/c1-26(2)17(27)12-25-18(24-11-16-4-3-9-29-16)23-10-14-5-7-15(8-6-14)28-13-19(20,21)22;/h3-9H,10-13H2,1-2H3,(H2,23,24,25);1H. The van der Waals surface area contributed by atoms with Crippen molar-refractivity contribution in [2.24, 2.45) is 4.99 Å². The zero-order valence-corrected chi connectivity index (χ0v) is 19.7. The highest BCUT2D eigenvalue weighted by atomic mass is 127. The van der Waals surface area contributed by atoms with Gasteiger partial charge in [0, 0.05) is 19.0 Å². The summed E-state index contributed by atoms with van der Waals surface area (Å²) < 4.78 is 41.3. The molecule has 0 bridgehead atoms. The van der Waals surface area contributed by atoms with E-state index in [1.165, 1.54) is 17.0 Å². The summed E-state index contributed by atoms with van der Waals surface area (Å²) in [4.78, 5) is 18.9. The van der Waals surface area contributed by atoms with Gasteiger partial charge in [-0.15, -0.1) is 35.3 Å². The third-order valence-corrected chi connectivity index (χ3v) is 4.54. The summed E-state index contributed by atoms with van der Waals surface area (Å²) in [6.07, 6.45) is -4.37. The van der Waals surface area contributed by atoms with E-state index in [2.05, 4.69) is 15.6 Å². The second kappa shape index (κ2) is 12.6. The number of benzene rings is 1. The van der Waals surface area contributed by atoms with Crippen LogP contribution in [-0.4, -0.2) is 50.2 Å². The number of amides is 1. The summed E-state index contributed by atoms with van der Waals surface area (Å²) >= 11 is 1.60. The Morgan fingerprint density at radius 2 is 1.87 bits per heavy atom. The minimum atomic E-state index is -4.37. The molecule has 2 rings (SSSR count). The number of thiophene rings is 1. The Hall–Kier alpha value is -2.02. The van der Waals surface area contributed by atoms with Crippen LogP contribution >= 0.6 is 35.3 Å². The summed E-state index contributed by atoms with van der Waals surface area (Å²) in [6, 6.07) is 10.2. The predicted octanol–water partition coefficient (Wildman–Crippen LogP) is 3.63. The zero-order valence-electron chi connectivity index (χ0n) is 16.5. The van der Waals surface area contributed by atoms with E-state index in [1.54, 1.807) is 37.6 Å². The van der Waals surface area contributed by atoms with E-state index in [9.17, 15) is 18.0 Å². The highest BCUT2D eigenvalue weighted by molar-refractivity contribution is 14.0. The largest absolute Gasteiger partial charge is 0.484 e. The summed E-state index contributed by atoms with van der Waals surface area (Å²) in [6.45, 7) is -0.391. The monoisotopic (exact) mass is 556 g/mol. The molecule has 0 aliphatic heterocycles. The van der Waals surface area contributed by atoms with Crippen LogP contribution in [0.25, 0.3) is 0 Å². The maximum Gasteiger partial charge on any atom is 0.422 e. The Morgan fingerprint density at radius 1 is 1.17 bits per heavy atom. The molecule has 0 atom stereocenters. The number of nitrogens with zero attached hydrogens (tertiary/aromatic N) is 2. The molecule has 0 unspecified atom stereocenters. The lowest BCUT2D eigenvalue weighted by Crippen LogP contribution is -2.42. The van der Waals surface area contributed by atoms with Gasteiger partial charge in [-0.1, -0.05) is 18.2 Å². The van der Waals surface area contributed by atoms with Crippen molar-refractivity contribution in [2.75, 3.05) is 27.2 Å². The molecule has 2 aromatic rings. The molecular formula is C19H24F3IN4O2S. The number of rotatable bonds is 8. The van der Waals surface area contributed by atoms with Crippen molar-refractivity contribution in [3.8, 4) is 5.75 Å². The molecule has 0 spiro atoms. The number of hydrogen-bond acceptors (Lipinski definition) is 4. The summed E-state index contributed by atoms with van der Waals surface area (Å²) in [5.74, 6) is 0.508. The van der Waals surface area contributed by atoms with Gasteiger partial charge in [0.15, 0.2) is 12.6 Å². The molecule has 0 radical (unpaired) electrons. The molecule has 0 aliphatic carbocycles. The fourth-order valence-electron chi connectivity index (χ4n) is 2.10. The number of carbonyl (C=O) groups excluding carboxylic acids is 1. The minimum Gasteiger partial charge on any atom is -0.484 e. The van der Waals surface area contributed by atoms with E-state index < -0.39 is 12.8 Å². The Bertz CT molecular complexity index is 797. The van der Waals surface area contributed by atoms with E-state index in [0.29, 0.717) is 12.5 Å². The van der Waals surface area contributed by atoms with Crippen molar-refractivity contribution in [1.29, 1.82) is 0 Å². The van der Waals surface area contributed by atoms with Crippen molar-refractivity contribution in [3.63, 3.8) is 0 Å². The van der Waals surface area contributed by atoms with Gasteiger partial charge in [-0.25, -0.2) is 4.99 Å². The van der Waals surface area contributed by atoms with Crippen molar-refractivity contribution in [3.05, 3.63) is 52.2 Å². The van der Waals surface area contributed by atoms with E-state index in [-0.39, 0.29) is 48.7 Å². The average molecular weight is 556 g/mol. The number of ether oxygens (including phenoxy) is 1. The Labute approximate surface area is 194 Å². The minimum absolute atomic E-state index is 0. The van der Waals surface area contributed by atoms with Gasteiger partial charge in [-0.2, -0.15) is 13.2 Å². The SMILES string of the molecule is CN(C)C(=O)CNC(=NCc1ccc(OCC(F)(F)F)cc1)NCc1cccs1.I. The van der Waals surface area contributed by atoms with Crippen LogP contribution < -0.4 is 15.4 Å². The first-order valence-electron chi connectivity index (χ1n) is 8.76. The molecular weight excluding hydrogens is 532 g/mol. The van der Waals surface area contributed by atoms with Crippen molar-refractivity contribution in [2.45, 2.75) is 19.3 Å². The summed E-state index contributed by atoms with van der Waals surface area (Å²) in [5.41, 5.74) is 0.792. The van der Waals surface area contributed by atoms with Crippen LogP contribution in [0.1, 0.15) is 10.4 Å². The lowest BCUT2D eigenvalue weighted by atomic mass is 10.2. The predicted molar refractivity (Wildman–Crippen MR) is 122 cm³/mol. The molecule has 0 saturated carbocycles. The van der Waals surface area contributed by atoms with Crippen molar-refractivity contribution in [1.82, 2.24) is 15.5 Å². The Balaban J connectivity index is 0.00000450. The Morgan fingerprint density at radius 3 is 2.43 bits per heavy atom. The first-order valence-corrected chi connectivity index (χ1v) is 9.64. The maximum atomic E-state index is 12.2. The van der Waals surface area contributed by atoms with E-state index >= 15 is 0 Å². The van der Waals surface area contributed by atoms with Crippen LogP contribution in [0.3, 0.4) is 0 Å². The van der Waals surface area contributed by atoms with Crippen LogP contribution in [0, 0.1) is 0 Å². The number of carbonyl (C=O) groups is 1. The van der Waals surface area contributed by atoms with Gasteiger partial charge in [-0.05, 0) is 29.1 Å². The molecule has 2 N–H and O–H groups in total. The second-order valence-corrected chi connectivity index (χ2v) is 7.32. The molecule has 0 aliphatic rings. The molecule has 1 aromatic heterocycles. The highest BCUT2D eigenvalue weighted by Gasteiger charge is 2.28. The summed E-state index contributed by atoms with van der Waals surface area (Å²) in [5, 5.41) is 8.12. The quantitative estimate of drug-likeness (QED) is 0.296. The number of guanidine groups is 1. The van der Waals surface area contributed by atoms with Gasteiger partial charge in [0.05, 0.1) is 19.6 Å². The highest BCUT2D eigenvalue weighted by Crippen LogP contribution is 2.19. The molecule has 1 aromatic carbocycles. The number of alkyl halides is 3. The number of likely N-dealkylation sites (N-methyl/N-ethyl adjacent to an activating group) is 1. The number of nitrogens with one attached hydrogen (secondary N) is 2. The molecule has 11 heteroatoms. The number of aliphatic imine (C=N–C) groups is 1. The lowest BCUT2D eigenvalue weighted by Gasteiger charge is -2.15. The fraction of sp³-hybridized carbons (Fsp3) is 0.368. The van der Waals surface area contributed by atoms with Gasteiger partial charge >= 0.3 is 6.18 Å². The molecule has 166 valence electrons. The number of halogens is 4. The lowest BCUT2D eigenvalue weighted by molar-refractivity contribution is -0.153. The molecule has 0 saturated heterocycles. The molecule has 6 nitrogen and oxygen atoms in total. The van der Waals surface area contributed by atoms with Crippen LogP contribution in [0.4, 0.5) is 13.2 Å². The summed E-state index contributed by atoms with van der Waals surface area (Å²) in [7, 11) is 3.34. The molecule has 30 heavy (non-hydrogen) atoms. The average Bonchev–Trinajstić information content (AvgIpc) is 3.19. The Kier molecular flexibility index (Phi) is 10.9. The van der Waals surface area contributed by atoms with E-state index in [4.69, 9.17) is 4.74 Å². The van der Waals surface area contributed by atoms with Crippen molar-refractivity contribution >= 4 is 47.2 Å². The molecule has 1 amide bonds. The fourth-order valence-corrected chi connectivity index (χ4v) is 2.75. The first kappa shape index (κ1) is 26.0. The third kappa shape index (κ3) is 10.1. The van der Waals surface area contributed by atoms with Crippen LogP contribution in [0.15, 0.2) is 46.8 Å². The smallest absolute Gasteiger partial charge is 0.422 e. The van der Waals surface area contributed by atoms with Gasteiger partial charge in [0.25, 0.3) is 0 Å². The van der Waals surface area contributed by atoms with Gasteiger partial charge < -0.3 is 20.3 Å². The topological polar surface area (TPSA) is 66.0 Å². The van der Waals surface area contributed by atoms with Crippen LogP contribution in [0.2, 0.25) is 0 Å². The van der Waals surface area contributed by atoms with Gasteiger partial charge in [-0.3, -0.25) is 4.79 Å². The molecule has 1 heterocycles. The van der Waals surface area contributed by atoms with Gasteiger partial charge in [0.1, 0.15) is 5.75 Å². The van der Waals surface area contributed by atoms with Gasteiger partial charge in [0.2, 0.25) is 5.91 Å². The second-order valence-electron chi connectivity index (χ2n) is 6.29. The third-order valence-electron chi connectivity index (χ3n) is 3.66.